The van der Waals surface area contributed by atoms with Gasteiger partial charge in [-0.1, -0.05) is 38.8 Å². The van der Waals surface area contributed by atoms with E-state index in [0.29, 0.717) is 0 Å². The first-order valence-corrected chi connectivity index (χ1v) is 5.15. The molecule has 2 heteroatoms. The van der Waals surface area contributed by atoms with Crippen LogP contribution >= 0.6 is 0 Å². The summed E-state index contributed by atoms with van der Waals surface area (Å²) in [5.41, 5.74) is 6.55. The third-order valence-electron chi connectivity index (χ3n) is 2.20. The molecule has 0 fully saturated rings. The van der Waals surface area contributed by atoms with Gasteiger partial charge < -0.3 is 5.73 Å². The molecule has 1 atom stereocenters. The molecule has 0 aromatic carbocycles. The van der Waals surface area contributed by atoms with Crippen molar-refractivity contribution in [1.29, 1.82) is 0 Å². The van der Waals surface area contributed by atoms with Crippen molar-refractivity contribution in [1.82, 2.24) is 0 Å². The fourth-order valence-corrected chi connectivity index (χ4v) is 1.62. The minimum absolute atomic E-state index is 0.0418. The Labute approximate surface area is 81.2 Å². The van der Waals surface area contributed by atoms with E-state index in [9.17, 15) is 4.79 Å². The van der Waals surface area contributed by atoms with Gasteiger partial charge in [0.05, 0.1) is 5.92 Å². The van der Waals surface area contributed by atoms with Gasteiger partial charge in [-0.05, 0) is 19.3 Å². The molecule has 0 rings (SSSR count). The molecular formula is C11H21NO. The van der Waals surface area contributed by atoms with E-state index in [1.807, 2.05) is 6.92 Å². The molecule has 13 heavy (non-hydrogen) atoms. The molecule has 76 valence electrons. The first-order chi connectivity index (χ1) is 6.17. The average molecular weight is 183 g/mol. The van der Waals surface area contributed by atoms with Crippen LogP contribution in [0.5, 0.6) is 0 Å². The van der Waals surface area contributed by atoms with Crippen molar-refractivity contribution in [2.75, 3.05) is 0 Å². The molecule has 0 bridgehead atoms. The Morgan fingerprint density at radius 2 is 2.00 bits per heavy atom. The topological polar surface area (TPSA) is 43.1 Å². The Morgan fingerprint density at radius 1 is 1.38 bits per heavy atom. The van der Waals surface area contributed by atoms with Crippen molar-refractivity contribution in [3.63, 3.8) is 0 Å². The van der Waals surface area contributed by atoms with Crippen LogP contribution in [-0.4, -0.2) is 5.91 Å². The summed E-state index contributed by atoms with van der Waals surface area (Å²) in [5.74, 6) is -0.226. The normalized spacial score (nSPS) is 14.2. The molecule has 0 saturated heterocycles. The van der Waals surface area contributed by atoms with Gasteiger partial charge in [0.15, 0.2) is 0 Å². The molecule has 0 unspecified atom stereocenters. The van der Waals surface area contributed by atoms with Gasteiger partial charge in [-0.15, -0.1) is 0 Å². The minimum atomic E-state index is -0.185. The van der Waals surface area contributed by atoms with Crippen LogP contribution in [0.15, 0.2) is 11.6 Å². The fourth-order valence-electron chi connectivity index (χ4n) is 1.62. The third kappa shape index (κ3) is 4.11. The molecule has 0 heterocycles. The maximum Gasteiger partial charge on any atom is 0.224 e. The Hall–Kier alpha value is -0.790. The molecule has 0 aliphatic heterocycles. The third-order valence-corrected chi connectivity index (χ3v) is 2.20. The van der Waals surface area contributed by atoms with E-state index in [-0.39, 0.29) is 11.8 Å². The second kappa shape index (κ2) is 6.70. The van der Waals surface area contributed by atoms with Crippen LogP contribution < -0.4 is 5.73 Å². The smallest absolute Gasteiger partial charge is 0.224 e. The predicted molar refractivity (Wildman–Crippen MR) is 56.3 cm³/mol. The zero-order chi connectivity index (χ0) is 10.3. The summed E-state index contributed by atoms with van der Waals surface area (Å²) in [5, 5.41) is 0. The number of hydrogen-bond acceptors (Lipinski definition) is 1. The van der Waals surface area contributed by atoms with Crippen LogP contribution in [0.1, 0.15) is 46.5 Å². The number of allylic oxidation sites excluding steroid dienone is 1. The quantitative estimate of drug-likeness (QED) is 0.632. The Morgan fingerprint density at radius 3 is 2.31 bits per heavy atom. The van der Waals surface area contributed by atoms with Crippen LogP contribution in [0.2, 0.25) is 0 Å². The van der Waals surface area contributed by atoms with Gasteiger partial charge in [-0.3, -0.25) is 4.79 Å². The van der Waals surface area contributed by atoms with Gasteiger partial charge in [0, 0.05) is 0 Å². The van der Waals surface area contributed by atoms with Crippen LogP contribution in [0, 0.1) is 5.92 Å². The number of amides is 1. The van der Waals surface area contributed by atoms with Crippen LogP contribution in [0.25, 0.3) is 0 Å². The molecule has 0 radical (unpaired) electrons. The highest BCUT2D eigenvalue weighted by Crippen LogP contribution is 2.20. The number of carbonyl (C=O) groups is 1. The molecule has 1 amide bonds. The summed E-state index contributed by atoms with van der Waals surface area (Å²) < 4.78 is 0. The Kier molecular flexibility index (Phi) is 6.29. The second-order valence-electron chi connectivity index (χ2n) is 3.30. The van der Waals surface area contributed by atoms with Gasteiger partial charge in [-0.25, -0.2) is 0 Å². The first kappa shape index (κ1) is 12.2. The van der Waals surface area contributed by atoms with E-state index in [1.165, 1.54) is 5.57 Å². The number of primary amides is 1. The lowest BCUT2D eigenvalue weighted by Crippen LogP contribution is -2.24. The molecular weight excluding hydrogens is 162 g/mol. The number of rotatable bonds is 6. The Balaban J connectivity index is 4.48. The Bertz CT molecular complexity index is 185. The monoisotopic (exact) mass is 183 g/mol. The summed E-state index contributed by atoms with van der Waals surface area (Å²) in [6.45, 7) is 6.22. The average Bonchev–Trinajstić information content (AvgIpc) is 2.05. The minimum Gasteiger partial charge on any atom is -0.369 e. The van der Waals surface area contributed by atoms with Crippen LogP contribution in [0.4, 0.5) is 0 Å². The molecule has 0 aromatic rings. The maximum absolute atomic E-state index is 11.1. The van der Waals surface area contributed by atoms with Gasteiger partial charge in [0.1, 0.15) is 0 Å². The van der Waals surface area contributed by atoms with Crippen molar-refractivity contribution >= 4 is 5.91 Å². The highest BCUT2D eigenvalue weighted by molar-refractivity contribution is 5.79. The largest absolute Gasteiger partial charge is 0.369 e. The second-order valence-corrected chi connectivity index (χ2v) is 3.30. The summed E-state index contributed by atoms with van der Waals surface area (Å²) in [7, 11) is 0. The van der Waals surface area contributed by atoms with Crippen LogP contribution in [0.3, 0.4) is 0 Å². The number of hydrogen-bond donors (Lipinski definition) is 1. The lowest BCUT2D eigenvalue weighted by atomic mass is 9.91. The van der Waals surface area contributed by atoms with E-state index in [0.717, 1.165) is 25.7 Å². The van der Waals surface area contributed by atoms with Crippen LogP contribution in [-0.2, 0) is 4.79 Å². The van der Waals surface area contributed by atoms with Crippen molar-refractivity contribution in [3.8, 4) is 0 Å². The number of nitrogens with two attached hydrogens (primary N) is 1. The summed E-state index contributed by atoms with van der Waals surface area (Å²) in [4.78, 5) is 11.1. The van der Waals surface area contributed by atoms with Gasteiger partial charge >= 0.3 is 0 Å². The summed E-state index contributed by atoms with van der Waals surface area (Å²) in [6, 6.07) is 0. The van der Waals surface area contributed by atoms with Gasteiger partial charge in [0.25, 0.3) is 0 Å². The summed E-state index contributed by atoms with van der Waals surface area (Å²) in [6.07, 6.45) is 6.02. The molecule has 0 aliphatic rings. The highest BCUT2D eigenvalue weighted by Gasteiger charge is 2.16. The molecule has 0 saturated carbocycles. The maximum atomic E-state index is 11.1. The van der Waals surface area contributed by atoms with E-state index < -0.39 is 0 Å². The van der Waals surface area contributed by atoms with Crippen molar-refractivity contribution in [3.05, 3.63) is 11.6 Å². The van der Waals surface area contributed by atoms with Crippen molar-refractivity contribution in [2.45, 2.75) is 46.5 Å². The molecule has 0 spiro atoms. The lowest BCUT2D eigenvalue weighted by molar-refractivity contribution is -0.120. The van der Waals surface area contributed by atoms with E-state index in [2.05, 4.69) is 19.9 Å². The van der Waals surface area contributed by atoms with E-state index in [4.69, 9.17) is 5.73 Å². The highest BCUT2D eigenvalue weighted by atomic mass is 16.1. The number of carbonyl (C=O) groups excluding carboxylic acids is 1. The fraction of sp³-hybridized carbons (Fsp3) is 0.727. The molecule has 0 aliphatic carbocycles. The SMILES string of the molecule is CC/C=C(\CCC)[C@H](CC)C(N)=O. The summed E-state index contributed by atoms with van der Waals surface area (Å²) >= 11 is 0. The van der Waals surface area contributed by atoms with E-state index in [1.54, 1.807) is 0 Å². The predicted octanol–water partition coefficient (Wildman–Crippen LogP) is 2.63. The van der Waals surface area contributed by atoms with Crippen molar-refractivity contribution < 1.29 is 4.79 Å². The standard InChI is InChI=1S/C11H21NO/c1-4-7-9(8-5-2)10(6-3)11(12)13/h7,10H,4-6,8H2,1-3H3,(H2,12,13)/b9-7+/t10-/m0/s1. The van der Waals surface area contributed by atoms with E-state index >= 15 is 0 Å². The zero-order valence-electron chi connectivity index (χ0n) is 8.97. The molecule has 2 N–H and O–H groups in total. The molecule has 0 aromatic heterocycles. The lowest BCUT2D eigenvalue weighted by Gasteiger charge is -2.14. The van der Waals surface area contributed by atoms with Gasteiger partial charge in [0.2, 0.25) is 5.91 Å². The van der Waals surface area contributed by atoms with Gasteiger partial charge in [-0.2, -0.15) is 0 Å². The zero-order valence-corrected chi connectivity index (χ0v) is 8.97. The molecule has 2 nitrogen and oxygen atoms in total. The van der Waals surface area contributed by atoms with Crippen molar-refractivity contribution in [2.24, 2.45) is 11.7 Å². The first-order valence-electron chi connectivity index (χ1n) is 5.15.